The van der Waals surface area contributed by atoms with Gasteiger partial charge in [0.1, 0.15) is 23.7 Å². The summed E-state index contributed by atoms with van der Waals surface area (Å²) in [6.07, 6.45) is 8.36. The van der Waals surface area contributed by atoms with Gasteiger partial charge in [0.25, 0.3) is 5.91 Å². The number of hydrogen-bond acceptors (Lipinski definition) is 7. The average molecular weight is 602 g/mol. The second kappa shape index (κ2) is 12.5. The topological polar surface area (TPSA) is 125 Å². The lowest BCUT2D eigenvalue weighted by atomic mass is 9.78. The molecule has 6 rings (SSSR count). The number of amides is 3. The molecule has 232 valence electrons. The van der Waals surface area contributed by atoms with Crippen LogP contribution in [0.15, 0.2) is 66.8 Å². The predicted molar refractivity (Wildman–Crippen MR) is 163 cm³/mol. The van der Waals surface area contributed by atoms with Crippen LogP contribution in [0.2, 0.25) is 0 Å². The number of nitrogens with zero attached hydrogens (tertiary/aromatic N) is 2. The fraction of sp³-hybridized carbons (Fsp3) is 0.471. The standard InChI is InChI=1S/C34H39N3O7/c1-22-21-35-27(39)13-6-5-12-26-28(33(42)43-22)29-31(40)37(17-7-2-8-19-38)30-32(41)36(18-9-16-34(29,30)44-26)25-15-14-23-10-3-4-11-24(23)20-25/h3-5,9-12,14-16,20,22,26,28-30,38H,2,6-8,13,17-19,21H2,1H3,(H,35,39)/b12-5-/t22-,26-,28+,29+,30-,34+/m0/s1. The first-order valence-corrected chi connectivity index (χ1v) is 15.5. The molecule has 3 amide bonds. The van der Waals surface area contributed by atoms with Crippen LogP contribution in [0, 0.1) is 11.8 Å². The van der Waals surface area contributed by atoms with Crippen molar-refractivity contribution in [3.63, 3.8) is 0 Å². The van der Waals surface area contributed by atoms with E-state index in [2.05, 4.69) is 5.32 Å². The Hall–Kier alpha value is -4.02. The zero-order valence-corrected chi connectivity index (χ0v) is 24.9. The number of allylic oxidation sites excluding steroid dienone is 1. The molecule has 2 fully saturated rings. The number of anilines is 1. The molecule has 0 unspecified atom stereocenters. The summed E-state index contributed by atoms with van der Waals surface area (Å²) < 4.78 is 12.5. The van der Waals surface area contributed by atoms with E-state index in [1.54, 1.807) is 28.9 Å². The van der Waals surface area contributed by atoms with Gasteiger partial charge < -0.3 is 29.7 Å². The van der Waals surface area contributed by atoms with Crippen molar-refractivity contribution in [2.75, 3.05) is 31.1 Å². The molecule has 44 heavy (non-hydrogen) atoms. The van der Waals surface area contributed by atoms with E-state index in [1.165, 1.54) is 0 Å². The maximum Gasteiger partial charge on any atom is 0.313 e. The Morgan fingerprint density at radius 3 is 2.64 bits per heavy atom. The molecule has 2 aromatic rings. The number of likely N-dealkylation sites (tertiary alicyclic amines) is 1. The summed E-state index contributed by atoms with van der Waals surface area (Å²) in [5.74, 6) is -3.26. The van der Waals surface area contributed by atoms with Crippen LogP contribution in [0.3, 0.4) is 0 Å². The van der Waals surface area contributed by atoms with Crippen molar-refractivity contribution >= 4 is 40.2 Å². The van der Waals surface area contributed by atoms with Crippen LogP contribution in [0.4, 0.5) is 5.69 Å². The van der Waals surface area contributed by atoms with E-state index in [4.69, 9.17) is 9.47 Å². The fourth-order valence-electron chi connectivity index (χ4n) is 7.05. The Morgan fingerprint density at radius 2 is 1.82 bits per heavy atom. The van der Waals surface area contributed by atoms with Crippen molar-refractivity contribution in [3.05, 3.63) is 66.8 Å². The Bertz CT molecular complexity index is 1500. The number of ether oxygens (including phenoxy) is 2. The Morgan fingerprint density at radius 1 is 1.00 bits per heavy atom. The summed E-state index contributed by atoms with van der Waals surface area (Å²) in [7, 11) is 0. The van der Waals surface area contributed by atoms with E-state index in [-0.39, 0.29) is 43.8 Å². The number of carbonyl (C=O) groups excluding carboxylic acids is 4. The largest absolute Gasteiger partial charge is 0.460 e. The average Bonchev–Trinajstić information content (AvgIpc) is 3.40. The first kappa shape index (κ1) is 30.0. The number of cyclic esters (lactones) is 1. The maximum absolute atomic E-state index is 14.6. The second-order valence-corrected chi connectivity index (χ2v) is 12.1. The predicted octanol–water partition coefficient (Wildman–Crippen LogP) is 2.88. The number of fused-ring (bicyclic) bond motifs is 3. The highest BCUT2D eigenvalue weighted by molar-refractivity contribution is 6.06. The first-order valence-electron chi connectivity index (χ1n) is 15.5. The third kappa shape index (κ3) is 5.41. The van der Waals surface area contributed by atoms with Gasteiger partial charge in [-0.3, -0.25) is 19.2 Å². The van der Waals surface area contributed by atoms with Gasteiger partial charge in [-0.15, -0.1) is 0 Å². The minimum absolute atomic E-state index is 0.0467. The van der Waals surface area contributed by atoms with E-state index in [9.17, 15) is 24.3 Å². The van der Waals surface area contributed by atoms with Crippen molar-refractivity contribution < 1.29 is 33.8 Å². The summed E-state index contributed by atoms with van der Waals surface area (Å²) in [6, 6.07) is 12.8. The summed E-state index contributed by atoms with van der Waals surface area (Å²) in [5, 5.41) is 14.1. The first-order chi connectivity index (χ1) is 21.3. The number of carbonyl (C=O) groups is 4. The normalized spacial score (nSPS) is 31.4. The lowest BCUT2D eigenvalue weighted by Crippen LogP contribution is -2.55. The molecule has 10 nitrogen and oxygen atoms in total. The summed E-state index contributed by atoms with van der Waals surface area (Å²) in [4.78, 5) is 58.3. The van der Waals surface area contributed by atoms with Gasteiger partial charge in [0, 0.05) is 31.8 Å². The number of unbranched alkanes of at least 4 members (excludes halogenated alkanes) is 2. The zero-order valence-electron chi connectivity index (χ0n) is 24.9. The van der Waals surface area contributed by atoms with E-state index in [0.717, 1.165) is 10.8 Å². The van der Waals surface area contributed by atoms with Gasteiger partial charge in [-0.25, -0.2) is 0 Å². The molecular formula is C34H39N3O7. The third-order valence-electron chi connectivity index (χ3n) is 9.14. The molecule has 2 aromatic carbocycles. The van der Waals surface area contributed by atoms with E-state index in [1.807, 2.05) is 54.6 Å². The van der Waals surface area contributed by atoms with Gasteiger partial charge in [0.2, 0.25) is 11.8 Å². The van der Waals surface area contributed by atoms with Crippen molar-refractivity contribution in [2.24, 2.45) is 11.8 Å². The third-order valence-corrected chi connectivity index (χ3v) is 9.14. The molecule has 2 saturated heterocycles. The highest BCUT2D eigenvalue weighted by Crippen LogP contribution is 2.53. The van der Waals surface area contributed by atoms with Crippen molar-refractivity contribution in [3.8, 4) is 0 Å². The highest BCUT2D eigenvalue weighted by Gasteiger charge is 2.71. The maximum atomic E-state index is 14.6. The van der Waals surface area contributed by atoms with Crippen LogP contribution in [-0.2, 0) is 28.7 Å². The number of hydrogen-bond donors (Lipinski definition) is 2. The molecule has 0 radical (unpaired) electrons. The number of aliphatic hydroxyl groups is 1. The number of esters is 1. The number of nitrogens with one attached hydrogen (secondary N) is 1. The van der Waals surface area contributed by atoms with Gasteiger partial charge in [-0.1, -0.05) is 54.6 Å². The fourth-order valence-corrected chi connectivity index (χ4v) is 7.05. The van der Waals surface area contributed by atoms with Crippen LogP contribution in [0.25, 0.3) is 10.8 Å². The number of aliphatic hydroxyl groups excluding tert-OH is 1. The zero-order chi connectivity index (χ0) is 30.8. The Kier molecular flexibility index (Phi) is 8.55. The quantitative estimate of drug-likeness (QED) is 0.296. The molecule has 0 bridgehead atoms. The van der Waals surface area contributed by atoms with Crippen LogP contribution in [-0.4, -0.2) is 83.8 Å². The smallest absolute Gasteiger partial charge is 0.313 e. The lowest BCUT2D eigenvalue weighted by Gasteiger charge is -2.35. The highest BCUT2D eigenvalue weighted by atomic mass is 16.6. The van der Waals surface area contributed by atoms with Gasteiger partial charge in [0.15, 0.2) is 0 Å². The Balaban J connectivity index is 1.40. The molecule has 0 aromatic heterocycles. The van der Waals surface area contributed by atoms with Gasteiger partial charge in [-0.2, -0.15) is 0 Å². The van der Waals surface area contributed by atoms with Gasteiger partial charge in [-0.05, 0) is 55.5 Å². The van der Waals surface area contributed by atoms with E-state index in [0.29, 0.717) is 37.9 Å². The molecule has 10 heteroatoms. The SMILES string of the molecule is C[C@H]1CNC(=O)CC/C=C\[C@@H]2O[C@@]34C=CCN(c5ccc6ccccc6c5)C(=O)[C@@H]3N(CCCCCO)C(=O)[C@H]4[C@@H]2C(=O)O1. The van der Waals surface area contributed by atoms with Crippen LogP contribution >= 0.6 is 0 Å². The lowest BCUT2D eigenvalue weighted by molar-refractivity contribution is -0.158. The molecule has 4 aliphatic heterocycles. The summed E-state index contributed by atoms with van der Waals surface area (Å²) >= 11 is 0. The molecular weight excluding hydrogens is 562 g/mol. The minimum atomic E-state index is -1.38. The molecule has 0 saturated carbocycles. The van der Waals surface area contributed by atoms with Crippen LogP contribution in [0.5, 0.6) is 0 Å². The van der Waals surface area contributed by atoms with E-state index < -0.39 is 41.7 Å². The van der Waals surface area contributed by atoms with Crippen LogP contribution in [0.1, 0.15) is 39.0 Å². The summed E-state index contributed by atoms with van der Waals surface area (Å²) in [5.41, 5.74) is -0.672. The van der Waals surface area contributed by atoms with Gasteiger partial charge in [0.05, 0.1) is 18.6 Å². The Labute approximate surface area is 256 Å². The number of rotatable bonds is 6. The van der Waals surface area contributed by atoms with Crippen molar-refractivity contribution in [1.82, 2.24) is 10.2 Å². The molecule has 4 aliphatic rings. The molecule has 6 atom stereocenters. The molecule has 2 N–H and O–H groups in total. The monoisotopic (exact) mass is 601 g/mol. The molecule has 1 spiro atoms. The molecule has 0 aliphatic carbocycles. The van der Waals surface area contributed by atoms with Crippen molar-refractivity contribution in [1.29, 1.82) is 0 Å². The molecule has 4 heterocycles. The summed E-state index contributed by atoms with van der Waals surface area (Å²) in [6.45, 7) is 2.48. The number of benzene rings is 2. The van der Waals surface area contributed by atoms with Crippen LogP contribution < -0.4 is 10.2 Å². The van der Waals surface area contributed by atoms with Gasteiger partial charge >= 0.3 is 5.97 Å². The second-order valence-electron chi connectivity index (χ2n) is 12.1. The van der Waals surface area contributed by atoms with E-state index >= 15 is 0 Å². The van der Waals surface area contributed by atoms with Crippen molar-refractivity contribution in [2.45, 2.75) is 62.9 Å². The minimum Gasteiger partial charge on any atom is -0.460 e.